The van der Waals surface area contributed by atoms with Crippen LogP contribution in [-0.2, 0) is 4.79 Å². The summed E-state index contributed by atoms with van der Waals surface area (Å²) in [5.74, 6) is -0.603. The third-order valence-corrected chi connectivity index (χ3v) is 6.42. The quantitative estimate of drug-likeness (QED) is 0.351. The monoisotopic (exact) mass is 484 g/mol. The van der Waals surface area contributed by atoms with E-state index < -0.39 is 11.7 Å². The molecule has 9 nitrogen and oxygen atoms in total. The second kappa shape index (κ2) is 9.33. The van der Waals surface area contributed by atoms with Gasteiger partial charge in [0, 0.05) is 56.6 Å². The lowest BCUT2D eigenvalue weighted by Gasteiger charge is -2.34. The molecule has 1 N–H and O–H groups in total. The van der Waals surface area contributed by atoms with E-state index in [1.165, 1.54) is 4.90 Å². The van der Waals surface area contributed by atoms with Crippen molar-refractivity contribution in [3.05, 3.63) is 77.0 Å². The number of carbonyl (C=O) groups is 3. The molecule has 0 unspecified atom stereocenters. The molecule has 1 aliphatic heterocycles. The molecule has 1 saturated heterocycles. The van der Waals surface area contributed by atoms with Gasteiger partial charge in [0.15, 0.2) is 0 Å². The van der Waals surface area contributed by atoms with E-state index in [0.717, 1.165) is 11.3 Å². The summed E-state index contributed by atoms with van der Waals surface area (Å²) in [5, 5.41) is 0.658. The third kappa shape index (κ3) is 4.24. The molecule has 1 aromatic carbocycles. The van der Waals surface area contributed by atoms with Crippen molar-refractivity contribution in [3.8, 4) is 11.4 Å². The van der Waals surface area contributed by atoms with Gasteiger partial charge in [-0.1, -0.05) is 18.2 Å². The molecule has 4 heterocycles. The van der Waals surface area contributed by atoms with Gasteiger partial charge in [-0.2, -0.15) is 0 Å². The summed E-state index contributed by atoms with van der Waals surface area (Å²) in [5.41, 5.74) is 4.42. The minimum Gasteiger partial charge on any atom is -0.359 e. The van der Waals surface area contributed by atoms with Crippen molar-refractivity contribution in [1.82, 2.24) is 29.7 Å². The van der Waals surface area contributed by atoms with Gasteiger partial charge >= 0.3 is 0 Å². The van der Waals surface area contributed by atoms with Crippen LogP contribution in [0.25, 0.3) is 22.3 Å². The number of rotatable bonds is 4. The van der Waals surface area contributed by atoms with Gasteiger partial charge < -0.3 is 14.8 Å². The number of benzene rings is 1. The summed E-state index contributed by atoms with van der Waals surface area (Å²) < 4.78 is 0. The Kier molecular flexibility index (Phi) is 6.05. The van der Waals surface area contributed by atoms with Crippen LogP contribution in [0.3, 0.4) is 0 Å². The molecule has 2 amide bonds. The van der Waals surface area contributed by atoms with Crippen LogP contribution in [0.2, 0.25) is 0 Å². The highest BCUT2D eigenvalue weighted by Crippen LogP contribution is 2.30. The fourth-order valence-corrected chi connectivity index (χ4v) is 4.66. The van der Waals surface area contributed by atoms with E-state index in [2.05, 4.69) is 19.9 Å². The molecule has 9 heteroatoms. The Labute approximate surface area is 209 Å². The lowest BCUT2D eigenvalue weighted by molar-refractivity contribution is -0.127. The number of Topliss-reactive ketones (excluding diaryl/α,β-unsaturated/α-hetero) is 1. The number of hydrogen-bond donors (Lipinski definition) is 1. The van der Waals surface area contributed by atoms with Crippen LogP contribution in [0.1, 0.15) is 39.2 Å². The molecule has 0 bridgehead atoms. The molecule has 0 spiro atoms. The number of fused-ring (bicyclic) bond motifs is 1. The molecule has 184 valence electrons. The summed E-state index contributed by atoms with van der Waals surface area (Å²) in [6.07, 6.45) is 3.26. The van der Waals surface area contributed by atoms with Gasteiger partial charge in [0.1, 0.15) is 11.5 Å². The van der Waals surface area contributed by atoms with Crippen LogP contribution in [0.4, 0.5) is 0 Å². The number of ketones is 1. The molecule has 0 radical (unpaired) electrons. The number of nitrogens with one attached hydrogen (secondary N) is 1. The number of aromatic nitrogens is 4. The van der Waals surface area contributed by atoms with Crippen molar-refractivity contribution in [1.29, 1.82) is 0 Å². The molecule has 36 heavy (non-hydrogen) atoms. The SMILES string of the molecule is Cc1cc(-c2ncc(C)c3c(C(=O)C(=O)N4CCN(C(=O)c5ccccc5)CC4)c[nH]c23)nc(C)n1.[HH]. The fraction of sp³-hybridized carbons (Fsp3) is 0.259. The van der Waals surface area contributed by atoms with Crippen molar-refractivity contribution in [3.63, 3.8) is 0 Å². The number of amides is 2. The summed E-state index contributed by atoms with van der Waals surface area (Å²) in [6.45, 7) is 6.92. The van der Waals surface area contributed by atoms with Crippen molar-refractivity contribution in [2.75, 3.05) is 26.2 Å². The highest BCUT2D eigenvalue weighted by Gasteiger charge is 2.31. The van der Waals surface area contributed by atoms with Crippen molar-refractivity contribution >= 4 is 28.5 Å². The molecule has 1 fully saturated rings. The van der Waals surface area contributed by atoms with Crippen molar-refractivity contribution < 1.29 is 15.8 Å². The second-order valence-corrected chi connectivity index (χ2v) is 8.96. The van der Waals surface area contributed by atoms with Crippen LogP contribution >= 0.6 is 0 Å². The van der Waals surface area contributed by atoms with E-state index in [1.807, 2.05) is 45.0 Å². The molecular weight excluding hydrogens is 456 g/mol. The average Bonchev–Trinajstić information content (AvgIpc) is 3.34. The number of piperazine rings is 1. The zero-order valence-corrected chi connectivity index (χ0v) is 20.4. The van der Waals surface area contributed by atoms with E-state index in [4.69, 9.17) is 0 Å². The maximum atomic E-state index is 13.3. The first-order chi connectivity index (χ1) is 17.3. The number of nitrogens with zero attached hydrogens (tertiary/aromatic N) is 5. The summed E-state index contributed by atoms with van der Waals surface area (Å²) in [6, 6.07) is 10.9. The molecule has 1 aliphatic rings. The van der Waals surface area contributed by atoms with Gasteiger partial charge in [-0.15, -0.1) is 0 Å². The van der Waals surface area contributed by atoms with Crippen LogP contribution in [0.5, 0.6) is 0 Å². The predicted molar refractivity (Wildman–Crippen MR) is 137 cm³/mol. The Morgan fingerprint density at radius 3 is 2.33 bits per heavy atom. The topological polar surface area (TPSA) is 112 Å². The summed E-state index contributed by atoms with van der Waals surface area (Å²) in [7, 11) is 0. The first-order valence-electron chi connectivity index (χ1n) is 11.8. The number of aromatic amines is 1. The molecule has 4 aromatic rings. The van der Waals surface area contributed by atoms with Crippen LogP contribution in [0, 0.1) is 20.8 Å². The summed E-state index contributed by atoms with van der Waals surface area (Å²) >= 11 is 0. The van der Waals surface area contributed by atoms with Gasteiger partial charge in [-0.3, -0.25) is 19.4 Å². The van der Waals surface area contributed by atoms with Crippen LogP contribution < -0.4 is 0 Å². The number of pyridine rings is 1. The predicted octanol–water partition coefficient (Wildman–Crippen LogP) is 3.36. The lowest BCUT2D eigenvalue weighted by atomic mass is 10.0. The number of aryl methyl sites for hydroxylation is 3. The summed E-state index contributed by atoms with van der Waals surface area (Å²) in [4.78, 5) is 59.0. The van der Waals surface area contributed by atoms with Gasteiger partial charge in [0.05, 0.1) is 16.8 Å². The molecule has 3 aromatic heterocycles. The normalized spacial score (nSPS) is 13.8. The minimum atomic E-state index is -0.584. The minimum absolute atomic E-state index is 0. The maximum Gasteiger partial charge on any atom is 0.295 e. The molecule has 5 rings (SSSR count). The Hall–Kier alpha value is -4.40. The molecular formula is C27H28N6O3. The van der Waals surface area contributed by atoms with E-state index in [1.54, 1.807) is 29.4 Å². The largest absolute Gasteiger partial charge is 0.359 e. The Balaban J connectivity index is 0.00000320. The number of H-pyrrole nitrogens is 1. The van der Waals surface area contributed by atoms with Crippen LogP contribution in [0.15, 0.2) is 48.8 Å². The Bertz CT molecular complexity index is 1470. The van der Waals surface area contributed by atoms with E-state index in [-0.39, 0.29) is 7.33 Å². The second-order valence-electron chi connectivity index (χ2n) is 8.96. The smallest absolute Gasteiger partial charge is 0.295 e. The first-order valence-corrected chi connectivity index (χ1v) is 11.8. The molecule has 0 saturated carbocycles. The van der Waals surface area contributed by atoms with E-state index >= 15 is 0 Å². The molecule has 0 aliphatic carbocycles. The van der Waals surface area contributed by atoms with Gasteiger partial charge in [-0.05, 0) is 44.5 Å². The highest BCUT2D eigenvalue weighted by atomic mass is 16.2. The highest BCUT2D eigenvalue weighted by molar-refractivity contribution is 6.45. The van der Waals surface area contributed by atoms with E-state index in [9.17, 15) is 14.4 Å². The number of hydrogen-bond acceptors (Lipinski definition) is 6. The zero-order valence-electron chi connectivity index (χ0n) is 20.4. The van der Waals surface area contributed by atoms with Gasteiger partial charge in [0.25, 0.3) is 17.6 Å². The third-order valence-electron chi connectivity index (χ3n) is 6.42. The maximum absolute atomic E-state index is 13.3. The van der Waals surface area contributed by atoms with Gasteiger partial charge in [0.2, 0.25) is 0 Å². The first kappa shape index (κ1) is 23.3. The van der Waals surface area contributed by atoms with Crippen molar-refractivity contribution in [2.45, 2.75) is 20.8 Å². The Morgan fingerprint density at radius 2 is 1.64 bits per heavy atom. The fourth-order valence-electron chi connectivity index (χ4n) is 4.66. The number of carbonyl (C=O) groups excluding carboxylic acids is 3. The molecule has 0 atom stereocenters. The Morgan fingerprint density at radius 1 is 0.944 bits per heavy atom. The zero-order chi connectivity index (χ0) is 25.4. The van der Waals surface area contributed by atoms with Gasteiger partial charge in [-0.25, -0.2) is 9.97 Å². The van der Waals surface area contributed by atoms with Crippen molar-refractivity contribution in [2.24, 2.45) is 0 Å². The lowest BCUT2D eigenvalue weighted by Crippen LogP contribution is -2.52. The standard InChI is InChI=1S/C27H26N6O3.H2/c1-16-14-28-23(21-13-17(2)30-18(3)31-21)24-22(16)20(15-29-24)25(34)27(36)33-11-9-32(10-12-33)26(35)19-7-5-4-6-8-19;/h4-8,13-15,29H,9-12H2,1-3H3;1H. The van der Waals surface area contributed by atoms with E-state index in [0.29, 0.717) is 65.4 Å². The van der Waals surface area contributed by atoms with Crippen LogP contribution in [-0.4, -0.2) is 73.5 Å². The average molecular weight is 485 g/mol.